The van der Waals surface area contributed by atoms with E-state index in [1.165, 1.54) is 5.69 Å². The lowest BCUT2D eigenvalue weighted by Crippen LogP contribution is -2.04. The average molecular weight is 276 g/mol. The molecule has 1 N–H and O–H groups in total. The summed E-state index contributed by atoms with van der Waals surface area (Å²) in [4.78, 5) is 0. The van der Waals surface area contributed by atoms with Crippen LogP contribution in [-0.4, -0.2) is 13.2 Å². The molecule has 0 spiro atoms. The second kappa shape index (κ2) is 7.70. The van der Waals surface area contributed by atoms with Gasteiger partial charge in [0.15, 0.2) is 0 Å². The molecule has 0 amide bonds. The molecular formula is C16H18ClNO. The largest absolute Gasteiger partial charge is 0.494 e. The molecule has 0 aliphatic rings. The standard InChI is InChI=1S/C16H18ClNO/c17-14-8-10-16(11-9-14)19-13-5-4-12-18-15-6-2-1-3-7-15/h1-3,6-11,18H,4-5,12-13H2. The van der Waals surface area contributed by atoms with Crippen LogP contribution in [0.3, 0.4) is 0 Å². The first-order chi connectivity index (χ1) is 9.34. The lowest BCUT2D eigenvalue weighted by molar-refractivity contribution is 0.308. The van der Waals surface area contributed by atoms with E-state index in [4.69, 9.17) is 16.3 Å². The normalized spacial score (nSPS) is 10.2. The van der Waals surface area contributed by atoms with E-state index >= 15 is 0 Å². The molecular weight excluding hydrogens is 258 g/mol. The van der Waals surface area contributed by atoms with Crippen molar-refractivity contribution in [2.45, 2.75) is 12.8 Å². The van der Waals surface area contributed by atoms with Crippen molar-refractivity contribution < 1.29 is 4.74 Å². The van der Waals surface area contributed by atoms with Gasteiger partial charge < -0.3 is 10.1 Å². The Balaban J connectivity index is 1.56. The van der Waals surface area contributed by atoms with Crippen LogP contribution >= 0.6 is 11.6 Å². The Morgan fingerprint density at radius 2 is 1.63 bits per heavy atom. The number of para-hydroxylation sites is 1. The van der Waals surface area contributed by atoms with E-state index in [9.17, 15) is 0 Å². The summed E-state index contributed by atoms with van der Waals surface area (Å²) in [7, 11) is 0. The number of nitrogens with one attached hydrogen (secondary N) is 1. The molecule has 0 saturated carbocycles. The van der Waals surface area contributed by atoms with Gasteiger partial charge in [0.05, 0.1) is 6.61 Å². The fraction of sp³-hybridized carbons (Fsp3) is 0.250. The van der Waals surface area contributed by atoms with E-state index < -0.39 is 0 Å². The fourth-order valence-corrected chi connectivity index (χ4v) is 1.86. The van der Waals surface area contributed by atoms with Gasteiger partial charge in [-0.1, -0.05) is 29.8 Å². The van der Waals surface area contributed by atoms with Crippen LogP contribution in [0.4, 0.5) is 5.69 Å². The highest BCUT2D eigenvalue weighted by molar-refractivity contribution is 6.30. The summed E-state index contributed by atoms with van der Waals surface area (Å²) in [5.74, 6) is 0.875. The van der Waals surface area contributed by atoms with Gasteiger partial charge >= 0.3 is 0 Å². The Morgan fingerprint density at radius 3 is 2.37 bits per heavy atom. The summed E-state index contributed by atoms with van der Waals surface area (Å²) in [5.41, 5.74) is 1.17. The SMILES string of the molecule is Clc1ccc(OCCCCNc2ccccc2)cc1. The van der Waals surface area contributed by atoms with Gasteiger partial charge in [0.25, 0.3) is 0 Å². The lowest BCUT2D eigenvalue weighted by atomic mass is 10.3. The van der Waals surface area contributed by atoms with Crippen molar-refractivity contribution in [2.75, 3.05) is 18.5 Å². The van der Waals surface area contributed by atoms with Gasteiger partial charge in [-0.15, -0.1) is 0 Å². The molecule has 100 valence electrons. The molecule has 2 aromatic carbocycles. The Bertz CT molecular complexity index is 470. The maximum absolute atomic E-state index is 5.81. The van der Waals surface area contributed by atoms with Crippen molar-refractivity contribution >= 4 is 17.3 Å². The predicted molar refractivity (Wildman–Crippen MR) is 81.1 cm³/mol. The summed E-state index contributed by atoms with van der Waals surface area (Å²) in [6.45, 7) is 1.70. The number of anilines is 1. The lowest BCUT2D eigenvalue weighted by Gasteiger charge is -2.07. The zero-order valence-electron chi connectivity index (χ0n) is 10.8. The Labute approximate surface area is 119 Å². The number of halogens is 1. The number of ether oxygens (including phenoxy) is 1. The maximum atomic E-state index is 5.81. The van der Waals surface area contributed by atoms with Gasteiger partial charge in [0.2, 0.25) is 0 Å². The number of hydrogen-bond acceptors (Lipinski definition) is 2. The molecule has 2 nitrogen and oxygen atoms in total. The first kappa shape index (κ1) is 13.8. The van der Waals surface area contributed by atoms with Crippen molar-refractivity contribution in [3.8, 4) is 5.75 Å². The molecule has 0 bridgehead atoms. The third-order valence-electron chi connectivity index (χ3n) is 2.76. The molecule has 0 aliphatic carbocycles. The highest BCUT2D eigenvalue weighted by atomic mass is 35.5. The molecule has 0 aromatic heterocycles. The first-order valence-corrected chi connectivity index (χ1v) is 6.90. The van der Waals surface area contributed by atoms with Gasteiger partial charge in [0, 0.05) is 17.3 Å². The quantitative estimate of drug-likeness (QED) is 0.745. The zero-order valence-corrected chi connectivity index (χ0v) is 11.6. The zero-order chi connectivity index (χ0) is 13.3. The van der Waals surface area contributed by atoms with E-state index in [1.807, 2.05) is 42.5 Å². The molecule has 2 rings (SSSR count). The molecule has 0 atom stereocenters. The minimum absolute atomic E-state index is 0.734. The second-order valence-electron chi connectivity index (χ2n) is 4.30. The van der Waals surface area contributed by atoms with E-state index in [1.54, 1.807) is 0 Å². The van der Waals surface area contributed by atoms with Crippen LogP contribution in [0.25, 0.3) is 0 Å². The highest BCUT2D eigenvalue weighted by Crippen LogP contribution is 2.15. The van der Waals surface area contributed by atoms with Gasteiger partial charge in [-0.25, -0.2) is 0 Å². The molecule has 0 aliphatic heterocycles. The summed E-state index contributed by atoms with van der Waals surface area (Å²) in [5, 5.41) is 4.11. The molecule has 0 saturated heterocycles. The Kier molecular flexibility index (Phi) is 5.57. The topological polar surface area (TPSA) is 21.3 Å². The summed E-state index contributed by atoms with van der Waals surface area (Å²) < 4.78 is 5.63. The van der Waals surface area contributed by atoms with Gasteiger partial charge in [-0.05, 0) is 49.2 Å². The number of unbranched alkanes of at least 4 members (excludes halogenated alkanes) is 1. The summed E-state index contributed by atoms with van der Waals surface area (Å²) >= 11 is 5.81. The van der Waals surface area contributed by atoms with Crippen molar-refractivity contribution in [2.24, 2.45) is 0 Å². The third-order valence-corrected chi connectivity index (χ3v) is 3.01. The van der Waals surface area contributed by atoms with Gasteiger partial charge in [-0.2, -0.15) is 0 Å². The number of rotatable bonds is 7. The predicted octanol–water partition coefficient (Wildman–Crippen LogP) is 4.61. The monoisotopic (exact) mass is 275 g/mol. The summed E-state index contributed by atoms with van der Waals surface area (Å²) in [6, 6.07) is 17.7. The van der Waals surface area contributed by atoms with Crippen LogP contribution in [0.5, 0.6) is 5.75 Å². The van der Waals surface area contributed by atoms with Gasteiger partial charge in [0.1, 0.15) is 5.75 Å². The van der Waals surface area contributed by atoms with Crippen molar-refractivity contribution in [1.29, 1.82) is 0 Å². The van der Waals surface area contributed by atoms with E-state index in [0.717, 1.165) is 36.8 Å². The first-order valence-electron chi connectivity index (χ1n) is 6.52. The van der Waals surface area contributed by atoms with E-state index in [2.05, 4.69) is 17.4 Å². The van der Waals surface area contributed by atoms with Crippen LogP contribution in [0.15, 0.2) is 54.6 Å². The molecule has 0 heterocycles. The van der Waals surface area contributed by atoms with Crippen LogP contribution in [0, 0.1) is 0 Å². The fourth-order valence-electron chi connectivity index (χ4n) is 1.74. The summed E-state index contributed by atoms with van der Waals surface area (Å²) in [6.07, 6.45) is 2.12. The van der Waals surface area contributed by atoms with Crippen LogP contribution in [0.2, 0.25) is 5.02 Å². The number of benzene rings is 2. The minimum atomic E-state index is 0.734. The molecule has 0 fully saturated rings. The van der Waals surface area contributed by atoms with Crippen molar-refractivity contribution in [3.63, 3.8) is 0 Å². The highest BCUT2D eigenvalue weighted by Gasteiger charge is 1.94. The van der Waals surface area contributed by atoms with Crippen LogP contribution in [-0.2, 0) is 0 Å². The van der Waals surface area contributed by atoms with Crippen molar-refractivity contribution in [1.82, 2.24) is 0 Å². The average Bonchev–Trinajstić information content (AvgIpc) is 2.46. The Morgan fingerprint density at radius 1 is 0.895 bits per heavy atom. The minimum Gasteiger partial charge on any atom is -0.494 e. The van der Waals surface area contributed by atoms with Crippen LogP contribution < -0.4 is 10.1 Å². The molecule has 2 aromatic rings. The van der Waals surface area contributed by atoms with Crippen molar-refractivity contribution in [3.05, 3.63) is 59.6 Å². The smallest absolute Gasteiger partial charge is 0.119 e. The molecule has 0 unspecified atom stereocenters. The number of hydrogen-bond donors (Lipinski definition) is 1. The molecule has 19 heavy (non-hydrogen) atoms. The molecule has 3 heteroatoms. The maximum Gasteiger partial charge on any atom is 0.119 e. The van der Waals surface area contributed by atoms with E-state index in [0.29, 0.717) is 0 Å². The second-order valence-corrected chi connectivity index (χ2v) is 4.74. The van der Waals surface area contributed by atoms with E-state index in [-0.39, 0.29) is 0 Å². The molecule has 0 radical (unpaired) electrons. The van der Waals surface area contributed by atoms with Crippen LogP contribution in [0.1, 0.15) is 12.8 Å². The van der Waals surface area contributed by atoms with Gasteiger partial charge in [-0.3, -0.25) is 0 Å². The third kappa shape index (κ3) is 5.23. The Hall–Kier alpha value is -1.67.